The molecular formula is C20H24N2O3. The summed E-state index contributed by atoms with van der Waals surface area (Å²) in [7, 11) is 0. The second-order valence-electron chi connectivity index (χ2n) is 7.31. The van der Waals surface area contributed by atoms with Gasteiger partial charge in [-0.15, -0.1) is 0 Å². The Kier molecular flexibility index (Phi) is 4.41. The van der Waals surface area contributed by atoms with Crippen molar-refractivity contribution in [2.24, 2.45) is 0 Å². The zero-order valence-corrected chi connectivity index (χ0v) is 15.2. The Bertz CT molecular complexity index is 855. The molecule has 0 unspecified atom stereocenters. The van der Waals surface area contributed by atoms with Crippen molar-refractivity contribution in [2.75, 3.05) is 6.54 Å². The fourth-order valence-electron chi connectivity index (χ4n) is 3.15. The highest BCUT2D eigenvalue weighted by Gasteiger charge is 2.28. The third-order valence-electron chi connectivity index (χ3n) is 4.18. The molecule has 0 saturated heterocycles. The van der Waals surface area contributed by atoms with Gasteiger partial charge >= 0.3 is 6.09 Å². The maximum absolute atomic E-state index is 12.7. The quantitative estimate of drug-likeness (QED) is 0.758. The van der Waals surface area contributed by atoms with E-state index in [9.17, 15) is 9.59 Å². The van der Waals surface area contributed by atoms with E-state index in [-0.39, 0.29) is 12.0 Å². The maximum atomic E-state index is 12.7. The smallest absolute Gasteiger partial charge is 0.414 e. The lowest BCUT2D eigenvalue weighted by Crippen LogP contribution is -2.37. The third-order valence-corrected chi connectivity index (χ3v) is 4.18. The predicted molar refractivity (Wildman–Crippen MR) is 98.4 cm³/mol. The van der Waals surface area contributed by atoms with Crippen LogP contribution >= 0.6 is 0 Å². The first-order chi connectivity index (χ1) is 11.8. The van der Waals surface area contributed by atoms with E-state index in [4.69, 9.17) is 4.74 Å². The molecule has 3 rings (SSSR count). The molecule has 0 N–H and O–H groups in total. The van der Waals surface area contributed by atoms with E-state index in [0.29, 0.717) is 6.54 Å². The first-order valence-electron chi connectivity index (χ1n) is 8.60. The molecule has 0 saturated carbocycles. The second kappa shape index (κ2) is 6.39. The van der Waals surface area contributed by atoms with Crippen LogP contribution in [0.2, 0.25) is 0 Å². The Hall–Kier alpha value is -2.56. The number of hydrogen-bond donors (Lipinski definition) is 0. The second-order valence-corrected chi connectivity index (χ2v) is 7.31. The number of amides is 1. The lowest BCUT2D eigenvalue weighted by Gasteiger charge is -2.31. The molecular weight excluding hydrogens is 316 g/mol. The summed E-state index contributed by atoms with van der Waals surface area (Å²) in [5.74, 6) is -0.0335. The number of fused-ring (bicyclic) bond motifs is 1. The highest BCUT2D eigenvalue weighted by atomic mass is 16.6. The molecule has 0 fully saturated rings. The number of allylic oxidation sites excluding steroid dienone is 1. The summed E-state index contributed by atoms with van der Waals surface area (Å²) in [6.45, 7) is 7.77. The van der Waals surface area contributed by atoms with Gasteiger partial charge in [-0.1, -0.05) is 18.2 Å². The third kappa shape index (κ3) is 3.45. The zero-order chi connectivity index (χ0) is 18.2. The van der Waals surface area contributed by atoms with E-state index >= 15 is 0 Å². The van der Waals surface area contributed by atoms with Crippen LogP contribution in [0.5, 0.6) is 0 Å². The van der Waals surface area contributed by atoms with E-state index in [1.54, 1.807) is 22.6 Å². The fraction of sp³-hybridized carbons (Fsp3) is 0.400. The minimum atomic E-state index is -0.538. The molecule has 0 bridgehead atoms. The molecule has 1 aliphatic heterocycles. The molecule has 0 atom stereocenters. The van der Waals surface area contributed by atoms with Gasteiger partial charge in [0.1, 0.15) is 5.60 Å². The van der Waals surface area contributed by atoms with E-state index < -0.39 is 5.60 Å². The molecule has 5 heteroatoms. The van der Waals surface area contributed by atoms with Crippen LogP contribution in [0.15, 0.2) is 36.5 Å². The predicted octanol–water partition coefficient (Wildman–Crippen LogP) is 4.67. The van der Waals surface area contributed by atoms with Crippen molar-refractivity contribution in [1.29, 1.82) is 0 Å². The molecule has 1 aromatic heterocycles. The molecule has 2 heterocycles. The largest absolute Gasteiger partial charge is 0.443 e. The lowest BCUT2D eigenvalue weighted by atomic mass is 10.0. The Balaban J connectivity index is 2.04. The van der Waals surface area contributed by atoms with E-state index in [1.807, 2.05) is 45.0 Å². The average Bonchev–Trinajstić information content (AvgIpc) is 2.97. The van der Waals surface area contributed by atoms with Crippen LogP contribution < -0.4 is 0 Å². The van der Waals surface area contributed by atoms with Gasteiger partial charge in [0.25, 0.3) is 0 Å². The number of aromatic nitrogens is 1. The van der Waals surface area contributed by atoms with Gasteiger partial charge in [0, 0.05) is 30.6 Å². The first-order valence-corrected chi connectivity index (χ1v) is 8.60. The highest BCUT2D eigenvalue weighted by Crippen LogP contribution is 2.32. The number of carbonyl (C=O) groups is 2. The molecule has 5 nitrogen and oxygen atoms in total. The lowest BCUT2D eigenvalue weighted by molar-refractivity contribution is 0.0347. The van der Waals surface area contributed by atoms with Gasteiger partial charge in [0.15, 0.2) is 0 Å². The molecule has 0 radical (unpaired) electrons. The van der Waals surface area contributed by atoms with Crippen LogP contribution in [0.1, 0.15) is 50.9 Å². The van der Waals surface area contributed by atoms with Crippen molar-refractivity contribution in [3.05, 3.63) is 42.1 Å². The van der Waals surface area contributed by atoms with Gasteiger partial charge in [-0.3, -0.25) is 14.3 Å². The summed E-state index contributed by atoms with van der Waals surface area (Å²) in [4.78, 5) is 26.2. The van der Waals surface area contributed by atoms with E-state index in [1.165, 1.54) is 0 Å². The van der Waals surface area contributed by atoms with E-state index in [0.717, 1.165) is 35.0 Å². The number of nitrogens with zero attached hydrogens (tertiary/aromatic N) is 2. The molecule has 25 heavy (non-hydrogen) atoms. The minimum Gasteiger partial charge on any atom is -0.443 e. The van der Waals surface area contributed by atoms with Crippen molar-refractivity contribution < 1.29 is 14.3 Å². The van der Waals surface area contributed by atoms with Gasteiger partial charge in [-0.25, -0.2) is 4.79 Å². The first kappa shape index (κ1) is 17.3. The monoisotopic (exact) mass is 340 g/mol. The number of hydrogen-bond acceptors (Lipinski definition) is 3. The molecule has 0 spiro atoms. The van der Waals surface area contributed by atoms with Crippen LogP contribution in [0, 0.1) is 0 Å². The SMILES string of the molecule is CC(=O)n1ccc2c(C3=CCCCN3C(=O)OC(C)(C)C)cccc21. The summed E-state index contributed by atoms with van der Waals surface area (Å²) in [5.41, 5.74) is 2.11. The van der Waals surface area contributed by atoms with Gasteiger partial charge in [0.05, 0.1) is 11.2 Å². The molecule has 1 amide bonds. The summed E-state index contributed by atoms with van der Waals surface area (Å²) >= 11 is 0. The fourth-order valence-corrected chi connectivity index (χ4v) is 3.15. The molecule has 0 aliphatic carbocycles. The summed E-state index contributed by atoms with van der Waals surface area (Å²) < 4.78 is 7.20. The van der Waals surface area contributed by atoms with E-state index in [2.05, 4.69) is 6.08 Å². The van der Waals surface area contributed by atoms with Crippen molar-refractivity contribution in [1.82, 2.24) is 9.47 Å². The summed E-state index contributed by atoms with van der Waals surface area (Å²) in [5, 5.41) is 0.958. The summed E-state index contributed by atoms with van der Waals surface area (Å²) in [6, 6.07) is 7.75. The number of rotatable bonds is 1. The number of benzene rings is 1. The maximum Gasteiger partial charge on any atom is 0.414 e. The number of carbonyl (C=O) groups excluding carboxylic acids is 2. The van der Waals surface area contributed by atoms with Crippen molar-refractivity contribution >= 4 is 28.6 Å². The molecule has 1 aliphatic rings. The van der Waals surface area contributed by atoms with Crippen LogP contribution in [0.3, 0.4) is 0 Å². The highest BCUT2D eigenvalue weighted by molar-refractivity contribution is 5.99. The van der Waals surface area contributed by atoms with Gasteiger partial charge in [-0.05, 0) is 45.7 Å². The van der Waals surface area contributed by atoms with Crippen LogP contribution in [-0.4, -0.2) is 33.6 Å². The normalized spacial score (nSPS) is 15.2. The molecule has 132 valence electrons. The van der Waals surface area contributed by atoms with Crippen LogP contribution in [0.4, 0.5) is 4.79 Å². The topological polar surface area (TPSA) is 51.5 Å². The minimum absolute atomic E-state index is 0.0335. The van der Waals surface area contributed by atoms with Gasteiger partial charge < -0.3 is 4.74 Å². The Morgan fingerprint density at radius 2 is 1.92 bits per heavy atom. The van der Waals surface area contributed by atoms with Crippen molar-refractivity contribution in [3.63, 3.8) is 0 Å². The molecule has 1 aromatic carbocycles. The Labute approximate surface area is 147 Å². The Morgan fingerprint density at radius 1 is 1.16 bits per heavy atom. The average molecular weight is 340 g/mol. The van der Waals surface area contributed by atoms with Crippen LogP contribution in [-0.2, 0) is 4.74 Å². The summed E-state index contributed by atoms with van der Waals surface area (Å²) in [6.07, 6.45) is 5.35. The standard InChI is InChI=1S/C20H24N2O3/c1-14(23)21-13-11-16-15(8-7-10-17(16)21)18-9-5-6-12-22(18)19(24)25-20(2,3)4/h7-11,13H,5-6,12H2,1-4H3. The zero-order valence-electron chi connectivity index (χ0n) is 15.2. The van der Waals surface area contributed by atoms with Gasteiger partial charge in [-0.2, -0.15) is 0 Å². The number of ether oxygens (including phenoxy) is 1. The van der Waals surface area contributed by atoms with Crippen molar-refractivity contribution in [2.45, 2.75) is 46.1 Å². The van der Waals surface area contributed by atoms with Crippen molar-refractivity contribution in [3.8, 4) is 0 Å². The molecule has 2 aromatic rings. The Morgan fingerprint density at radius 3 is 2.60 bits per heavy atom. The van der Waals surface area contributed by atoms with Crippen LogP contribution in [0.25, 0.3) is 16.6 Å². The van der Waals surface area contributed by atoms with Gasteiger partial charge in [0.2, 0.25) is 5.91 Å².